The topological polar surface area (TPSA) is 38.1 Å². The number of anilines is 1. The van der Waals surface area contributed by atoms with Crippen molar-refractivity contribution in [3.8, 4) is 12.3 Å². The number of rotatable bonds is 2. The molecule has 0 aliphatic carbocycles. The van der Waals surface area contributed by atoms with Crippen LogP contribution in [0.5, 0.6) is 0 Å². The van der Waals surface area contributed by atoms with Gasteiger partial charge in [-0.2, -0.15) is 0 Å². The van der Waals surface area contributed by atoms with Crippen molar-refractivity contribution in [1.29, 1.82) is 0 Å². The molecule has 0 aliphatic heterocycles. The van der Waals surface area contributed by atoms with Crippen LogP contribution in [0.2, 0.25) is 0 Å². The van der Waals surface area contributed by atoms with Crippen LogP contribution < -0.4 is 5.32 Å². The van der Waals surface area contributed by atoms with Gasteiger partial charge in [-0.05, 0) is 13.8 Å². The van der Waals surface area contributed by atoms with Gasteiger partial charge in [-0.1, -0.05) is 11.1 Å². The van der Waals surface area contributed by atoms with Gasteiger partial charge in [0.2, 0.25) is 0 Å². The summed E-state index contributed by atoms with van der Waals surface area (Å²) >= 11 is 0. The summed E-state index contributed by atoms with van der Waals surface area (Å²) in [6, 6.07) is 1.79. The number of aromatic nitrogens is 1. The molecule has 0 saturated carbocycles. The van der Waals surface area contributed by atoms with Crippen LogP contribution in [0.1, 0.15) is 12.7 Å². The maximum absolute atomic E-state index is 5.16. The van der Waals surface area contributed by atoms with Crippen LogP contribution in [0.4, 0.5) is 5.82 Å². The first kappa shape index (κ1) is 7.67. The molecule has 1 rings (SSSR count). The summed E-state index contributed by atoms with van der Waals surface area (Å²) < 4.78 is 4.83. The van der Waals surface area contributed by atoms with Crippen LogP contribution >= 0.6 is 0 Å². The lowest BCUT2D eigenvalue weighted by Gasteiger charge is -2.02. The predicted molar refractivity (Wildman–Crippen MR) is 43.2 cm³/mol. The Bertz CT molecular complexity index is 272. The van der Waals surface area contributed by atoms with E-state index in [9.17, 15) is 0 Å². The Morgan fingerprint density at radius 2 is 2.55 bits per heavy atom. The molecule has 0 fully saturated rings. The fourth-order valence-corrected chi connectivity index (χ4v) is 0.698. The molecule has 0 spiro atoms. The highest BCUT2D eigenvalue weighted by molar-refractivity contribution is 5.36. The van der Waals surface area contributed by atoms with Crippen molar-refractivity contribution in [1.82, 2.24) is 5.16 Å². The largest absolute Gasteiger partial charge is 0.360 e. The summed E-state index contributed by atoms with van der Waals surface area (Å²) in [7, 11) is 0. The van der Waals surface area contributed by atoms with Crippen LogP contribution in [-0.4, -0.2) is 11.2 Å². The van der Waals surface area contributed by atoms with E-state index in [1.54, 1.807) is 6.07 Å². The summed E-state index contributed by atoms with van der Waals surface area (Å²) in [5.74, 6) is 3.99. The number of nitrogens with one attached hydrogen (secondary N) is 1. The number of nitrogens with zero attached hydrogens (tertiary/aromatic N) is 1. The van der Waals surface area contributed by atoms with Crippen molar-refractivity contribution >= 4 is 5.82 Å². The fraction of sp³-hybridized carbons (Fsp3) is 0.375. The van der Waals surface area contributed by atoms with Gasteiger partial charge in [0.05, 0.1) is 6.04 Å². The second-order valence-electron chi connectivity index (χ2n) is 2.36. The highest BCUT2D eigenvalue weighted by atomic mass is 16.5. The highest BCUT2D eigenvalue weighted by Crippen LogP contribution is 2.07. The average molecular weight is 150 g/mol. The minimum absolute atomic E-state index is 0.0144. The van der Waals surface area contributed by atoms with Gasteiger partial charge in [0.25, 0.3) is 0 Å². The Hall–Kier alpha value is -1.43. The van der Waals surface area contributed by atoms with Crippen LogP contribution in [0.15, 0.2) is 10.6 Å². The van der Waals surface area contributed by atoms with Crippen LogP contribution in [0.25, 0.3) is 0 Å². The molecule has 0 bridgehead atoms. The Balaban J connectivity index is 2.59. The maximum atomic E-state index is 5.16. The standard InChI is InChI=1S/C8H10N2O/c1-4-6(2)9-8-5-7(3)11-10-8/h1,5-6H,2-3H3,(H,9,10)/t6-/m0/s1. The third-order valence-corrected chi connectivity index (χ3v) is 1.24. The normalized spacial score (nSPS) is 12.1. The van der Waals surface area contributed by atoms with Gasteiger partial charge in [0.1, 0.15) is 5.76 Å². The lowest BCUT2D eigenvalue weighted by molar-refractivity contribution is 0.399. The van der Waals surface area contributed by atoms with Gasteiger partial charge in [0, 0.05) is 6.07 Å². The predicted octanol–water partition coefficient (Wildman–Crippen LogP) is 1.42. The molecule has 3 heteroatoms. The monoisotopic (exact) mass is 150 g/mol. The minimum atomic E-state index is -0.0144. The van der Waals surface area contributed by atoms with Crippen LogP contribution in [0, 0.1) is 19.3 Å². The molecule has 1 N–H and O–H groups in total. The lowest BCUT2D eigenvalue weighted by atomic mass is 10.3. The Morgan fingerprint density at radius 1 is 1.82 bits per heavy atom. The van der Waals surface area contributed by atoms with Crippen LogP contribution in [0.3, 0.4) is 0 Å². The third kappa shape index (κ3) is 2.01. The van der Waals surface area contributed by atoms with Crippen molar-refractivity contribution in [3.05, 3.63) is 11.8 Å². The van der Waals surface area contributed by atoms with E-state index < -0.39 is 0 Å². The van der Waals surface area contributed by atoms with Crippen molar-refractivity contribution in [2.24, 2.45) is 0 Å². The maximum Gasteiger partial charge on any atom is 0.170 e. The van der Waals surface area contributed by atoms with E-state index in [1.165, 1.54) is 0 Å². The van der Waals surface area contributed by atoms with Crippen LogP contribution in [-0.2, 0) is 0 Å². The van der Waals surface area contributed by atoms with Gasteiger partial charge in [-0.3, -0.25) is 0 Å². The molecule has 0 aromatic carbocycles. The van der Waals surface area contributed by atoms with Crippen molar-refractivity contribution < 1.29 is 4.52 Å². The first-order chi connectivity index (χ1) is 5.22. The first-order valence-electron chi connectivity index (χ1n) is 3.38. The molecule has 1 heterocycles. The molecule has 3 nitrogen and oxygen atoms in total. The molecular formula is C8H10N2O. The zero-order chi connectivity index (χ0) is 8.27. The van der Waals surface area contributed by atoms with Gasteiger partial charge >= 0.3 is 0 Å². The fourth-order valence-electron chi connectivity index (χ4n) is 0.698. The van der Waals surface area contributed by atoms with Gasteiger partial charge in [0.15, 0.2) is 5.82 Å². The van der Waals surface area contributed by atoms with Gasteiger partial charge in [-0.15, -0.1) is 6.42 Å². The molecule has 0 radical (unpaired) electrons. The van der Waals surface area contributed by atoms with Gasteiger partial charge in [-0.25, -0.2) is 0 Å². The Labute approximate surface area is 65.8 Å². The molecule has 0 aliphatic rings. The first-order valence-corrected chi connectivity index (χ1v) is 3.38. The molecule has 1 atom stereocenters. The molecule has 0 amide bonds. The second-order valence-corrected chi connectivity index (χ2v) is 2.36. The molecule has 1 aromatic heterocycles. The van der Waals surface area contributed by atoms with E-state index in [2.05, 4.69) is 16.4 Å². The summed E-state index contributed by atoms with van der Waals surface area (Å²) in [5, 5.41) is 6.69. The smallest absolute Gasteiger partial charge is 0.170 e. The summed E-state index contributed by atoms with van der Waals surface area (Å²) in [6.45, 7) is 3.71. The van der Waals surface area contributed by atoms with E-state index in [0.29, 0.717) is 5.82 Å². The molecule has 0 saturated heterocycles. The third-order valence-electron chi connectivity index (χ3n) is 1.24. The summed E-state index contributed by atoms with van der Waals surface area (Å²) in [5.41, 5.74) is 0. The molecular weight excluding hydrogens is 140 g/mol. The zero-order valence-electron chi connectivity index (χ0n) is 6.59. The highest BCUT2D eigenvalue weighted by Gasteiger charge is 2.01. The van der Waals surface area contributed by atoms with E-state index >= 15 is 0 Å². The van der Waals surface area contributed by atoms with Crippen molar-refractivity contribution in [2.75, 3.05) is 5.32 Å². The molecule has 1 aromatic rings. The number of hydrogen-bond donors (Lipinski definition) is 1. The van der Waals surface area contributed by atoms with Crippen molar-refractivity contribution in [3.63, 3.8) is 0 Å². The number of terminal acetylenes is 1. The minimum Gasteiger partial charge on any atom is -0.360 e. The molecule has 11 heavy (non-hydrogen) atoms. The molecule has 58 valence electrons. The second kappa shape index (κ2) is 3.11. The van der Waals surface area contributed by atoms with E-state index in [1.807, 2.05) is 13.8 Å². The van der Waals surface area contributed by atoms with Gasteiger partial charge < -0.3 is 9.84 Å². The van der Waals surface area contributed by atoms with E-state index in [0.717, 1.165) is 5.76 Å². The summed E-state index contributed by atoms with van der Waals surface area (Å²) in [4.78, 5) is 0. The van der Waals surface area contributed by atoms with E-state index in [-0.39, 0.29) is 6.04 Å². The zero-order valence-corrected chi connectivity index (χ0v) is 6.59. The SMILES string of the molecule is C#C[C@H](C)Nc1cc(C)on1. The summed E-state index contributed by atoms with van der Waals surface area (Å²) in [6.07, 6.45) is 5.16. The average Bonchev–Trinajstić information content (AvgIpc) is 2.35. The molecule has 0 unspecified atom stereocenters. The van der Waals surface area contributed by atoms with E-state index in [4.69, 9.17) is 10.9 Å². The Morgan fingerprint density at radius 3 is 3.00 bits per heavy atom. The lowest BCUT2D eigenvalue weighted by Crippen LogP contribution is -2.11. The quantitative estimate of drug-likeness (QED) is 0.648. The Kier molecular flexibility index (Phi) is 2.17. The number of aryl methyl sites for hydroxylation is 1. The number of hydrogen-bond acceptors (Lipinski definition) is 3. The van der Waals surface area contributed by atoms with Crippen molar-refractivity contribution in [2.45, 2.75) is 19.9 Å².